The molecule has 0 unspecified atom stereocenters. The van der Waals surface area contributed by atoms with Gasteiger partial charge >= 0.3 is 23.1 Å². The molecule has 9 heteroatoms. The van der Waals surface area contributed by atoms with Gasteiger partial charge in [0.1, 0.15) is 0 Å². The van der Waals surface area contributed by atoms with E-state index < -0.39 is 40.6 Å². The second-order valence-corrected chi connectivity index (χ2v) is 3.89. The smallest absolute Gasteiger partial charge is 0.422 e. The van der Waals surface area contributed by atoms with E-state index in [1.54, 1.807) is 0 Å². The van der Waals surface area contributed by atoms with Crippen LogP contribution >= 0.6 is 11.8 Å². The van der Waals surface area contributed by atoms with E-state index in [9.17, 15) is 31.1 Å². The highest BCUT2D eigenvalue weighted by molar-refractivity contribution is 8.01. The zero-order chi connectivity index (χ0) is 12.5. The molecule has 1 N–H and O–H groups in total. The highest BCUT2D eigenvalue weighted by atomic mass is 32.2. The number of rotatable bonds is 3. The van der Waals surface area contributed by atoms with Gasteiger partial charge in [-0.1, -0.05) is 6.92 Å². The summed E-state index contributed by atoms with van der Waals surface area (Å²) in [5.41, 5.74) is 0. The highest BCUT2D eigenvalue weighted by Crippen LogP contribution is 2.52. The summed E-state index contributed by atoms with van der Waals surface area (Å²) in [6, 6.07) is 0. The summed E-state index contributed by atoms with van der Waals surface area (Å²) < 4.78 is 68.4. The van der Waals surface area contributed by atoms with Crippen molar-refractivity contribution < 1.29 is 36.2 Å². The van der Waals surface area contributed by atoms with Gasteiger partial charge in [0.25, 0.3) is 0 Å². The first-order valence-corrected chi connectivity index (χ1v) is 4.50. The molecule has 0 aliphatic carbocycles. The Labute approximate surface area is 84.6 Å². The molecule has 0 saturated carbocycles. The fraction of sp³-hybridized carbons (Fsp3) is 0.833. The van der Waals surface area contributed by atoms with E-state index in [0.717, 1.165) is 6.92 Å². The van der Waals surface area contributed by atoms with Crippen molar-refractivity contribution in [3.8, 4) is 0 Å². The maximum Gasteiger partial charge on any atom is 0.422 e. The molecule has 0 heterocycles. The summed E-state index contributed by atoms with van der Waals surface area (Å²) in [7, 11) is 0. The van der Waals surface area contributed by atoms with Crippen molar-refractivity contribution in [2.24, 2.45) is 0 Å². The Hall–Kier alpha value is -0.600. The lowest BCUT2D eigenvalue weighted by Gasteiger charge is -2.32. The third-order valence-corrected chi connectivity index (χ3v) is 2.82. The molecule has 0 aliphatic rings. The molecule has 15 heavy (non-hydrogen) atoms. The Kier molecular flexibility index (Phi) is 3.94. The molecule has 0 aliphatic heterocycles. The average Bonchev–Trinajstić information content (AvgIpc) is 1.93. The van der Waals surface area contributed by atoms with Crippen LogP contribution in [0.3, 0.4) is 0 Å². The summed E-state index contributed by atoms with van der Waals surface area (Å²) in [5, 5.41) is 8.17. The zero-order valence-corrected chi connectivity index (χ0v) is 8.06. The molecule has 0 bridgehead atoms. The van der Waals surface area contributed by atoms with Crippen molar-refractivity contribution in [2.45, 2.75) is 24.0 Å². The number of carbonyl (C=O) groups is 1. The third kappa shape index (κ3) is 2.32. The number of hydrogen-bond acceptors (Lipinski definition) is 2. The Bertz CT molecular complexity index is 231. The molecular formula is C6H6F6O2S. The first kappa shape index (κ1) is 14.4. The van der Waals surface area contributed by atoms with Crippen LogP contribution in [0.4, 0.5) is 26.3 Å². The minimum Gasteiger partial charge on any atom is -0.480 e. The van der Waals surface area contributed by atoms with Crippen LogP contribution in [0.2, 0.25) is 0 Å². The molecule has 2 nitrogen and oxygen atoms in total. The SMILES string of the molecule is CCSC(C(=O)O)(C(F)(F)F)C(F)(F)F. The maximum absolute atomic E-state index is 12.2. The zero-order valence-electron chi connectivity index (χ0n) is 7.24. The molecule has 0 rings (SSSR count). The van der Waals surface area contributed by atoms with Gasteiger partial charge in [-0.3, -0.25) is 0 Å². The van der Waals surface area contributed by atoms with Crippen molar-refractivity contribution in [1.29, 1.82) is 0 Å². The molecular weight excluding hydrogens is 250 g/mol. The molecule has 0 spiro atoms. The molecule has 0 aromatic carbocycles. The normalized spacial score (nSPS) is 14.1. The molecule has 0 atom stereocenters. The van der Waals surface area contributed by atoms with Gasteiger partial charge in [0.15, 0.2) is 0 Å². The van der Waals surface area contributed by atoms with Crippen LogP contribution in [0.15, 0.2) is 0 Å². The van der Waals surface area contributed by atoms with Crippen LogP contribution in [0.1, 0.15) is 6.92 Å². The number of thioether (sulfide) groups is 1. The van der Waals surface area contributed by atoms with E-state index in [4.69, 9.17) is 5.11 Å². The predicted molar refractivity (Wildman–Crippen MR) is 40.6 cm³/mol. The second kappa shape index (κ2) is 4.11. The van der Waals surface area contributed by atoms with E-state index in [1.807, 2.05) is 0 Å². The average molecular weight is 256 g/mol. The van der Waals surface area contributed by atoms with Crippen molar-refractivity contribution in [2.75, 3.05) is 5.75 Å². The molecule has 0 radical (unpaired) electrons. The Balaban J connectivity index is 5.61. The maximum atomic E-state index is 12.2. The largest absolute Gasteiger partial charge is 0.480 e. The van der Waals surface area contributed by atoms with Crippen molar-refractivity contribution in [3.63, 3.8) is 0 Å². The summed E-state index contributed by atoms with van der Waals surface area (Å²) in [6.45, 7) is 1.01. The van der Waals surface area contributed by atoms with Gasteiger partial charge in [0.05, 0.1) is 0 Å². The van der Waals surface area contributed by atoms with Crippen LogP contribution in [-0.2, 0) is 4.79 Å². The van der Waals surface area contributed by atoms with Crippen LogP contribution in [0, 0.1) is 0 Å². The van der Waals surface area contributed by atoms with Gasteiger partial charge < -0.3 is 5.11 Å². The highest BCUT2D eigenvalue weighted by Gasteiger charge is 2.76. The van der Waals surface area contributed by atoms with Gasteiger partial charge in [-0.05, 0) is 5.75 Å². The van der Waals surface area contributed by atoms with Crippen molar-refractivity contribution in [1.82, 2.24) is 0 Å². The standard InChI is InChI=1S/C6H6F6O2S/c1-2-15-4(3(13)14,5(7,8)9)6(10,11)12/h2H2,1H3,(H,13,14). The molecule has 0 fully saturated rings. The summed E-state index contributed by atoms with van der Waals surface area (Å²) in [6.07, 6.45) is -11.8. The van der Waals surface area contributed by atoms with Gasteiger partial charge in [-0.25, -0.2) is 4.79 Å². The fourth-order valence-electron chi connectivity index (χ4n) is 0.845. The van der Waals surface area contributed by atoms with E-state index >= 15 is 0 Å². The van der Waals surface area contributed by atoms with Gasteiger partial charge in [0.2, 0.25) is 0 Å². The van der Waals surface area contributed by atoms with E-state index in [1.165, 1.54) is 0 Å². The first-order valence-electron chi connectivity index (χ1n) is 3.51. The van der Waals surface area contributed by atoms with Gasteiger partial charge in [-0.2, -0.15) is 26.3 Å². The van der Waals surface area contributed by atoms with Gasteiger partial charge in [0, 0.05) is 0 Å². The lowest BCUT2D eigenvalue weighted by atomic mass is 10.1. The predicted octanol–water partition coefficient (Wildman–Crippen LogP) is 2.69. The molecule has 0 aromatic heterocycles. The number of carboxylic acid groups (broad SMARTS) is 1. The van der Waals surface area contributed by atoms with E-state index in [2.05, 4.69) is 0 Å². The Morgan fingerprint density at radius 2 is 1.47 bits per heavy atom. The summed E-state index contributed by atoms with van der Waals surface area (Å²) in [4.78, 5) is 10.2. The van der Waals surface area contributed by atoms with Crippen LogP contribution in [-0.4, -0.2) is 33.9 Å². The van der Waals surface area contributed by atoms with Crippen molar-refractivity contribution in [3.05, 3.63) is 0 Å². The number of halogens is 6. The number of hydrogen-bond donors (Lipinski definition) is 1. The monoisotopic (exact) mass is 256 g/mol. The minimum atomic E-state index is -5.89. The molecule has 0 amide bonds. The fourth-order valence-corrected chi connectivity index (χ4v) is 1.73. The van der Waals surface area contributed by atoms with E-state index in [0.29, 0.717) is 0 Å². The quantitative estimate of drug-likeness (QED) is 0.789. The molecule has 90 valence electrons. The lowest BCUT2D eigenvalue weighted by Crippen LogP contribution is -2.59. The van der Waals surface area contributed by atoms with Gasteiger partial charge in [-0.15, -0.1) is 11.8 Å². The number of alkyl halides is 6. The number of aliphatic carboxylic acids is 1. The molecule has 0 saturated heterocycles. The molecule has 0 aromatic rings. The first-order chi connectivity index (χ1) is 6.50. The minimum absolute atomic E-state index is 0.620. The summed E-state index contributed by atoms with van der Waals surface area (Å²) >= 11 is -0.704. The Morgan fingerprint density at radius 1 is 1.13 bits per heavy atom. The van der Waals surface area contributed by atoms with Crippen LogP contribution in [0.5, 0.6) is 0 Å². The Morgan fingerprint density at radius 3 is 1.53 bits per heavy atom. The lowest BCUT2D eigenvalue weighted by molar-refractivity contribution is -0.263. The van der Waals surface area contributed by atoms with Crippen LogP contribution < -0.4 is 0 Å². The number of carboxylic acids is 1. The van der Waals surface area contributed by atoms with E-state index in [-0.39, 0.29) is 0 Å². The second-order valence-electron chi connectivity index (χ2n) is 2.41. The topological polar surface area (TPSA) is 37.3 Å². The summed E-state index contributed by atoms with van der Waals surface area (Å²) in [5.74, 6) is -3.57. The third-order valence-electron chi connectivity index (χ3n) is 1.46. The van der Waals surface area contributed by atoms with Crippen molar-refractivity contribution >= 4 is 17.7 Å². The van der Waals surface area contributed by atoms with Crippen LogP contribution in [0.25, 0.3) is 0 Å².